The number of nitriles is 1. The van der Waals surface area contributed by atoms with Crippen molar-refractivity contribution in [2.45, 2.75) is 0 Å². The summed E-state index contributed by atoms with van der Waals surface area (Å²) in [6, 6.07) is 34.5. The van der Waals surface area contributed by atoms with Crippen molar-refractivity contribution in [3.05, 3.63) is 103 Å². The van der Waals surface area contributed by atoms with Crippen LogP contribution in [0.2, 0.25) is 0 Å². The van der Waals surface area contributed by atoms with Crippen LogP contribution in [0.4, 0.5) is 0 Å². The summed E-state index contributed by atoms with van der Waals surface area (Å²) in [6.07, 6.45) is 0. The van der Waals surface area contributed by atoms with E-state index in [1.165, 1.54) is 0 Å². The summed E-state index contributed by atoms with van der Waals surface area (Å²) in [7, 11) is 0. The molecule has 3 heteroatoms. The van der Waals surface area contributed by atoms with Gasteiger partial charge in [-0.1, -0.05) is 66.7 Å². The van der Waals surface area contributed by atoms with Gasteiger partial charge in [-0.15, -0.1) is 0 Å². The molecule has 0 atom stereocenters. The largest absolute Gasteiger partial charge is 0.455 e. The SMILES string of the molecule is N#Cc1ccc2nc(-c3cccc4c3oc3c(-c5ccccc5)cccc34)ccc2c1. The highest BCUT2D eigenvalue weighted by molar-refractivity contribution is 6.12. The van der Waals surface area contributed by atoms with E-state index in [9.17, 15) is 0 Å². The van der Waals surface area contributed by atoms with Gasteiger partial charge in [0.15, 0.2) is 0 Å². The maximum absolute atomic E-state index is 9.14. The fourth-order valence-electron chi connectivity index (χ4n) is 4.21. The zero-order valence-corrected chi connectivity index (χ0v) is 16.5. The molecule has 2 aromatic heterocycles. The first-order chi connectivity index (χ1) is 15.3. The van der Waals surface area contributed by atoms with E-state index in [1.807, 2.05) is 54.6 Å². The molecule has 4 aromatic carbocycles. The predicted octanol–water partition coefficient (Wildman–Crippen LogP) is 7.34. The number of nitrogens with zero attached hydrogens (tertiary/aromatic N) is 2. The van der Waals surface area contributed by atoms with E-state index in [0.29, 0.717) is 5.56 Å². The van der Waals surface area contributed by atoms with Gasteiger partial charge in [0.2, 0.25) is 0 Å². The molecule has 31 heavy (non-hydrogen) atoms. The number of hydrogen-bond acceptors (Lipinski definition) is 3. The monoisotopic (exact) mass is 396 g/mol. The van der Waals surface area contributed by atoms with E-state index >= 15 is 0 Å². The fraction of sp³-hybridized carbons (Fsp3) is 0. The van der Waals surface area contributed by atoms with Crippen LogP contribution in [0.5, 0.6) is 0 Å². The van der Waals surface area contributed by atoms with Crippen molar-refractivity contribution in [3.63, 3.8) is 0 Å². The second-order valence-electron chi connectivity index (χ2n) is 7.55. The van der Waals surface area contributed by atoms with Crippen LogP contribution in [-0.4, -0.2) is 4.98 Å². The standard InChI is InChI=1S/C28H16N2O/c29-17-18-12-14-25-20(16-18)13-15-26(30-25)24-11-5-10-23-22-9-4-8-21(27(22)31-28(23)24)19-6-2-1-3-7-19/h1-16H. The van der Waals surface area contributed by atoms with Crippen LogP contribution < -0.4 is 0 Å². The van der Waals surface area contributed by atoms with Crippen LogP contribution in [0.1, 0.15) is 5.56 Å². The summed E-state index contributed by atoms with van der Waals surface area (Å²) < 4.78 is 6.49. The molecule has 0 N–H and O–H groups in total. The number of furan rings is 1. The molecule has 0 aliphatic rings. The maximum atomic E-state index is 9.14. The van der Waals surface area contributed by atoms with Crippen LogP contribution >= 0.6 is 0 Å². The normalized spacial score (nSPS) is 11.2. The lowest BCUT2D eigenvalue weighted by molar-refractivity contribution is 0.671. The molecule has 0 fully saturated rings. The second-order valence-corrected chi connectivity index (χ2v) is 7.55. The van der Waals surface area contributed by atoms with Gasteiger partial charge >= 0.3 is 0 Å². The van der Waals surface area contributed by atoms with E-state index < -0.39 is 0 Å². The predicted molar refractivity (Wildman–Crippen MR) is 125 cm³/mol. The number of rotatable bonds is 2. The van der Waals surface area contributed by atoms with Gasteiger partial charge in [-0.05, 0) is 35.9 Å². The number of pyridine rings is 1. The first-order valence-electron chi connectivity index (χ1n) is 10.1. The van der Waals surface area contributed by atoms with Gasteiger partial charge in [0, 0.05) is 27.3 Å². The highest BCUT2D eigenvalue weighted by Crippen LogP contribution is 2.39. The Labute approximate surface area is 178 Å². The third-order valence-electron chi connectivity index (χ3n) is 5.70. The number of hydrogen-bond donors (Lipinski definition) is 0. The van der Waals surface area contributed by atoms with E-state index in [0.717, 1.165) is 55.2 Å². The molecule has 0 aliphatic heterocycles. The lowest BCUT2D eigenvalue weighted by Crippen LogP contribution is -1.86. The zero-order chi connectivity index (χ0) is 20.8. The molecule has 0 aliphatic carbocycles. The van der Waals surface area contributed by atoms with Crippen molar-refractivity contribution in [2.75, 3.05) is 0 Å². The number of fused-ring (bicyclic) bond motifs is 4. The number of aromatic nitrogens is 1. The zero-order valence-electron chi connectivity index (χ0n) is 16.5. The molecular formula is C28H16N2O. The Kier molecular flexibility index (Phi) is 3.84. The van der Waals surface area contributed by atoms with Gasteiger partial charge in [0.1, 0.15) is 11.2 Å². The molecule has 0 radical (unpaired) electrons. The summed E-state index contributed by atoms with van der Waals surface area (Å²) >= 11 is 0. The number of para-hydroxylation sites is 2. The van der Waals surface area contributed by atoms with Gasteiger partial charge < -0.3 is 4.42 Å². The Bertz CT molecular complexity index is 1640. The smallest absolute Gasteiger partial charge is 0.144 e. The van der Waals surface area contributed by atoms with Crippen molar-refractivity contribution in [1.82, 2.24) is 4.98 Å². The van der Waals surface area contributed by atoms with Crippen molar-refractivity contribution in [3.8, 4) is 28.5 Å². The fourth-order valence-corrected chi connectivity index (χ4v) is 4.21. The summed E-state index contributed by atoms with van der Waals surface area (Å²) in [5.41, 5.74) is 7.23. The Morgan fingerprint density at radius 1 is 0.677 bits per heavy atom. The van der Waals surface area contributed by atoms with E-state index in [1.54, 1.807) is 6.07 Å². The Morgan fingerprint density at radius 3 is 2.19 bits per heavy atom. The number of benzene rings is 4. The highest BCUT2D eigenvalue weighted by Gasteiger charge is 2.16. The maximum Gasteiger partial charge on any atom is 0.144 e. The van der Waals surface area contributed by atoms with Crippen LogP contribution in [0.3, 0.4) is 0 Å². The quantitative estimate of drug-likeness (QED) is 0.308. The molecule has 0 spiro atoms. The van der Waals surface area contributed by atoms with Gasteiger partial charge in [0.05, 0.1) is 22.8 Å². The van der Waals surface area contributed by atoms with Gasteiger partial charge in [0.25, 0.3) is 0 Å². The third-order valence-corrected chi connectivity index (χ3v) is 5.70. The summed E-state index contributed by atoms with van der Waals surface area (Å²) in [6.45, 7) is 0. The molecule has 0 amide bonds. The third kappa shape index (κ3) is 2.78. The molecule has 0 saturated heterocycles. The lowest BCUT2D eigenvalue weighted by atomic mass is 10.0. The average molecular weight is 396 g/mol. The Morgan fingerprint density at radius 2 is 1.42 bits per heavy atom. The van der Waals surface area contributed by atoms with Crippen LogP contribution in [0, 0.1) is 11.3 Å². The van der Waals surface area contributed by atoms with Crippen LogP contribution in [0.15, 0.2) is 101 Å². The van der Waals surface area contributed by atoms with Gasteiger partial charge in [-0.3, -0.25) is 0 Å². The van der Waals surface area contributed by atoms with Crippen LogP contribution in [-0.2, 0) is 0 Å². The second kappa shape index (κ2) is 6.83. The van der Waals surface area contributed by atoms with Gasteiger partial charge in [-0.2, -0.15) is 5.26 Å². The summed E-state index contributed by atoms with van der Waals surface area (Å²) in [5.74, 6) is 0. The van der Waals surface area contributed by atoms with Gasteiger partial charge in [-0.25, -0.2) is 4.98 Å². The molecule has 6 rings (SSSR count). The molecule has 144 valence electrons. The molecule has 0 bridgehead atoms. The Balaban J connectivity index is 1.60. The molecule has 0 saturated carbocycles. The van der Waals surface area contributed by atoms with Crippen molar-refractivity contribution in [1.29, 1.82) is 5.26 Å². The average Bonchev–Trinajstić information content (AvgIpc) is 3.23. The van der Waals surface area contributed by atoms with E-state index in [2.05, 4.69) is 42.5 Å². The van der Waals surface area contributed by atoms with E-state index in [-0.39, 0.29) is 0 Å². The molecular weight excluding hydrogens is 380 g/mol. The van der Waals surface area contributed by atoms with Crippen molar-refractivity contribution >= 4 is 32.8 Å². The molecule has 2 heterocycles. The minimum absolute atomic E-state index is 0.634. The first-order valence-corrected chi connectivity index (χ1v) is 10.1. The molecule has 0 unspecified atom stereocenters. The molecule has 6 aromatic rings. The van der Waals surface area contributed by atoms with Crippen molar-refractivity contribution in [2.24, 2.45) is 0 Å². The first kappa shape index (κ1) is 17.4. The van der Waals surface area contributed by atoms with Crippen molar-refractivity contribution < 1.29 is 4.42 Å². The lowest BCUT2D eigenvalue weighted by Gasteiger charge is -2.04. The minimum atomic E-state index is 0.634. The highest BCUT2D eigenvalue weighted by atomic mass is 16.3. The summed E-state index contributed by atoms with van der Waals surface area (Å²) in [5, 5.41) is 12.3. The van der Waals surface area contributed by atoms with Crippen LogP contribution in [0.25, 0.3) is 55.2 Å². The summed E-state index contributed by atoms with van der Waals surface area (Å²) in [4.78, 5) is 4.85. The Hall–Kier alpha value is -4.42. The van der Waals surface area contributed by atoms with E-state index in [4.69, 9.17) is 14.7 Å². The minimum Gasteiger partial charge on any atom is -0.455 e. The topological polar surface area (TPSA) is 49.8 Å². The molecule has 3 nitrogen and oxygen atoms in total.